The molecule has 7 nitrogen and oxygen atoms in total. The van der Waals surface area contributed by atoms with Gasteiger partial charge in [0, 0.05) is 19.1 Å². The highest BCUT2D eigenvalue weighted by Gasteiger charge is 2.25. The zero-order valence-electron chi connectivity index (χ0n) is 13.4. The summed E-state index contributed by atoms with van der Waals surface area (Å²) in [4.78, 5) is 17.4. The smallest absolute Gasteiger partial charge is 0.323 e. The number of aromatic nitrogens is 3. The van der Waals surface area contributed by atoms with E-state index >= 15 is 0 Å². The molecule has 118 valence electrons. The number of rotatable bonds is 4. The van der Waals surface area contributed by atoms with Crippen molar-refractivity contribution in [1.29, 1.82) is 0 Å². The molecular weight excluding hydrogens is 268 g/mol. The Hall–Kier alpha value is -1.63. The Morgan fingerprint density at radius 3 is 2.71 bits per heavy atom. The van der Waals surface area contributed by atoms with E-state index in [0.29, 0.717) is 18.0 Å². The molecule has 1 atom stereocenters. The van der Waals surface area contributed by atoms with Gasteiger partial charge in [0.15, 0.2) is 0 Å². The average molecular weight is 294 g/mol. The molecular formula is C14H26N6O. The van der Waals surface area contributed by atoms with E-state index in [-0.39, 0.29) is 12.1 Å². The first kappa shape index (κ1) is 15.8. The van der Waals surface area contributed by atoms with Crippen LogP contribution in [0.2, 0.25) is 0 Å². The third kappa shape index (κ3) is 4.17. The summed E-state index contributed by atoms with van der Waals surface area (Å²) >= 11 is 0. The van der Waals surface area contributed by atoms with Crippen molar-refractivity contribution in [3.05, 3.63) is 0 Å². The first-order valence-electron chi connectivity index (χ1n) is 7.63. The maximum absolute atomic E-state index is 5.82. The minimum Gasteiger partial charge on any atom is -0.461 e. The summed E-state index contributed by atoms with van der Waals surface area (Å²) in [6.07, 6.45) is 2.13. The number of anilines is 2. The second-order valence-corrected chi connectivity index (χ2v) is 5.81. The van der Waals surface area contributed by atoms with Gasteiger partial charge < -0.3 is 20.3 Å². The lowest BCUT2D eigenvalue weighted by Gasteiger charge is -2.30. The van der Waals surface area contributed by atoms with Gasteiger partial charge in [0.1, 0.15) is 0 Å². The van der Waals surface area contributed by atoms with Crippen molar-refractivity contribution in [1.82, 2.24) is 19.9 Å². The van der Waals surface area contributed by atoms with Crippen LogP contribution in [-0.2, 0) is 0 Å². The molecule has 0 bridgehead atoms. The molecule has 2 rings (SSSR count). The Morgan fingerprint density at radius 2 is 2.05 bits per heavy atom. The molecule has 0 radical (unpaired) electrons. The molecule has 0 saturated carbocycles. The van der Waals surface area contributed by atoms with E-state index in [1.165, 1.54) is 0 Å². The van der Waals surface area contributed by atoms with Crippen LogP contribution in [-0.4, -0.2) is 58.7 Å². The molecule has 1 aromatic rings. The Kier molecular flexibility index (Phi) is 5.17. The van der Waals surface area contributed by atoms with Crippen molar-refractivity contribution in [2.45, 2.75) is 45.8 Å². The van der Waals surface area contributed by atoms with E-state index in [0.717, 1.165) is 32.5 Å². The first-order valence-corrected chi connectivity index (χ1v) is 7.63. The van der Waals surface area contributed by atoms with Gasteiger partial charge >= 0.3 is 6.01 Å². The minimum atomic E-state index is 0.0110. The van der Waals surface area contributed by atoms with Crippen LogP contribution in [0.5, 0.6) is 6.01 Å². The third-order valence-corrected chi connectivity index (χ3v) is 3.59. The lowest BCUT2D eigenvalue weighted by molar-refractivity contribution is 0.222. The molecule has 7 heteroatoms. The summed E-state index contributed by atoms with van der Waals surface area (Å²) in [5.74, 6) is 0.836. The van der Waals surface area contributed by atoms with E-state index in [1.807, 2.05) is 13.8 Å². The lowest BCUT2D eigenvalue weighted by Crippen LogP contribution is -2.41. The van der Waals surface area contributed by atoms with Crippen LogP contribution in [0, 0.1) is 0 Å². The number of likely N-dealkylation sites (N-methyl/N-ethyl adjacent to an activating group) is 1. The molecule has 1 saturated heterocycles. The summed E-state index contributed by atoms with van der Waals surface area (Å²) in [5, 5.41) is 0. The fraction of sp³-hybridized carbons (Fsp3) is 0.786. The van der Waals surface area contributed by atoms with Crippen LogP contribution < -0.4 is 15.4 Å². The highest BCUT2D eigenvalue weighted by molar-refractivity contribution is 5.37. The highest BCUT2D eigenvalue weighted by Crippen LogP contribution is 2.21. The monoisotopic (exact) mass is 294 g/mol. The molecule has 0 aliphatic carbocycles. The SMILES string of the molecule is CCC1CN(C)CCCN1c1nc(N)nc(OC(C)C)n1. The third-order valence-electron chi connectivity index (χ3n) is 3.59. The number of ether oxygens (including phenoxy) is 1. The second kappa shape index (κ2) is 6.89. The summed E-state index contributed by atoms with van der Waals surface area (Å²) in [5.41, 5.74) is 5.82. The van der Waals surface area contributed by atoms with Gasteiger partial charge in [0.2, 0.25) is 11.9 Å². The Labute approximate surface area is 126 Å². The predicted octanol–water partition coefficient (Wildman–Crippen LogP) is 1.16. The fourth-order valence-electron chi connectivity index (χ4n) is 2.61. The fourth-order valence-corrected chi connectivity index (χ4v) is 2.61. The Morgan fingerprint density at radius 1 is 1.29 bits per heavy atom. The summed E-state index contributed by atoms with van der Waals surface area (Å²) in [7, 11) is 2.15. The molecule has 1 aromatic heterocycles. The number of nitrogens with two attached hydrogens (primary N) is 1. The first-order chi connectivity index (χ1) is 9.99. The molecule has 0 aromatic carbocycles. The van der Waals surface area contributed by atoms with E-state index in [2.05, 4.69) is 38.7 Å². The van der Waals surface area contributed by atoms with Crippen LogP contribution in [0.1, 0.15) is 33.6 Å². The summed E-state index contributed by atoms with van der Waals surface area (Å²) in [6.45, 7) is 9.08. The highest BCUT2D eigenvalue weighted by atomic mass is 16.5. The van der Waals surface area contributed by atoms with Crippen LogP contribution in [0.15, 0.2) is 0 Å². The van der Waals surface area contributed by atoms with Crippen LogP contribution in [0.4, 0.5) is 11.9 Å². The number of hydrogen-bond donors (Lipinski definition) is 1. The van der Waals surface area contributed by atoms with Crippen molar-refractivity contribution in [2.24, 2.45) is 0 Å². The van der Waals surface area contributed by atoms with Gasteiger partial charge in [0.05, 0.1) is 6.10 Å². The molecule has 1 aliphatic rings. The van der Waals surface area contributed by atoms with Crippen molar-refractivity contribution in [3.63, 3.8) is 0 Å². The van der Waals surface area contributed by atoms with Gasteiger partial charge in [-0.25, -0.2) is 0 Å². The number of nitrogens with zero attached hydrogens (tertiary/aromatic N) is 5. The van der Waals surface area contributed by atoms with Crippen LogP contribution >= 0.6 is 0 Å². The molecule has 21 heavy (non-hydrogen) atoms. The van der Waals surface area contributed by atoms with E-state index in [4.69, 9.17) is 10.5 Å². The second-order valence-electron chi connectivity index (χ2n) is 5.81. The topological polar surface area (TPSA) is 80.4 Å². The van der Waals surface area contributed by atoms with Crippen molar-refractivity contribution >= 4 is 11.9 Å². The molecule has 1 unspecified atom stereocenters. The Balaban J connectivity index is 2.27. The standard InChI is InChI=1S/C14H26N6O/c1-5-11-9-19(4)7-6-8-20(11)13-16-12(15)17-14(18-13)21-10(2)3/h10-11H,5-9H2,1-4H3,(H2,15,16,17,18). The lowest BCUT2D eigenvalue weighted by atomic mass is 10.2. The quantitative estimate of drug-likeness (QED) is 0.892. The van der Waals surface area contributed by atoms with Crippen molar-refractivity contribution in [2.75, 3.05) is 37.3 Å². The average Bonchev–Trinajstić information content (AvgIpc) is 2.58. The van der Waals surface area contributed by atoms with Gasteiger partial charge in [-0.15, -0.1) is 0 Å². The molecule has 0 spiro atoms. The van der Waals surface area contributed by atoms with E-state index in [1.54, 1.807) is 0 Å². The van der Waals surface area contributed by atoms with Gasteiger partial charge in [-0.05, 0) is 40.3 Å². The zero-order valence-corrected chi connectivity index (χ0v) is 13.4. The van der Waals surface area contributed by atoms with Gasteiger partial charge in [-0.3, -0.25) is 0 Å². The van der Waals surface area contributed by atoms with Gasteiger partial charge in [-0.2, -0.15) is 15.0 Å². The molecule has 2 heterocycles. The maximum atomic E-state index is 5.82. The maximum Gasteiger partial charge on any atom is 0.323 e. The normalized spacial score (nSPS) is 20.6. The van der Waals surface area contributed by atoms with Crippen LogP contribution in [0.25, 0.3) is 0 Å². The van der Waals surface area contributed by atoms with Crippen molar-refractivity contribution < 1.29 is 4.74 Å². The molecule has 2 N–H and O–H groups in total. The summed E-state index contributed by atoms with van der Waals surface area (Å²) in [6, 6.07) is 0.686. The number of hydrogen-bond acceptors (Lipinski definition) is 7. The van der Waals surface area contributed by atoms with Gasteiger partial charge in [-0.1, -0.05) is 6.92 Å². The number of nitrogen functional groups attached to an aromatic ring is 1. The predicted molar refractivity (Wildman–Crippen MR) is 83.5 cm³/mol. The molecule has 1 aliphatic heterocycles. The van der Waals surface area contributed by atoms with E-state index in [9.17, 15) is 0 Å². The summed E-state index contributed by atoms with van der Waals surface area (Å²) < 4.78 is 5.57. The van der Waals surface area contributed by atoms with Crippen LogP contribution in [0.3, 0.4) is 0 Å². The minimum absolute atomic E-state index is 0.0110. The van der Waals surface area contributed by atoms with Crippen molar-refractivity contribution in [3.8, 4) is 6.01 Å². The zero-order chi connectivity index (χ0) is 15.4. The largest absolute Gasteiger partial charge is 0.461 e. The van der Waals surface area contributed by atoms with E-state index < -0.39 is 0 Å². The Bertz CT molecular complexity index is 467. The molecule has 1 fully saturated rings. The molecule has 0 amide bonds. The van der Waals surface area contributed by atoms with Gasteiger partial charge in [0.25, 0.3) is 0 Å².